The maximum atomic E-state index is 14.8. The summed E-state index contributed by atoms with van der Waals surface area (Å²) in [6, 6.07) is 1.19. The van der Waals surface area contributed by atoms with Crippen LogP contribution in [0.2, 0.25) is 0 Å². The van der Waals surface area contributed by atoms with Crippen molar-refractivity contribution in [3.8, 4) is 17.2 Å². The fourth-order valence-electron chi connectivity index (χ4n) is 9.69. The van der Waals surface area contributed by atoms with Crippen LogP contribution in [0, 0.1) is 0 Å². The van der Waals surface area contributed by atoms with Crippen LogP contribution in [0.3, 0.4) is 0 Å². The zero-order chi connectivity index (χ0) is 41.8. The van der Waals surface area contributed by atoms with Crippen LogP contribution in [0.1, 0.15) is 94.7 Å². The van der Waals surface area contributed by atoms with Gasteiger partial charge < -0.3 is 68.5 Å². The van der Waals surface area contributed by atoms with Gasteiger partial charge in [-0.3, -0.25) is 19.3 Å². The van der Waals surface area contributed by atoms with Crippen molar-refractivity contribution in [1.29, 1.82) is 0 Å². The fraction of sp³-hybridized carbons (Fsp3) is 0.615. The number of phenolic OH excluding ortho intramolecular Hbond substituents is 2. The van der Waals surface area contributed by atoms with Crippen LogP contribution in [0.4, 0.5) is 0 Å². The summed E-state index contributed by atoms with van der Waals surface area (Å²) in [5.41, 5.74) is -6.94. The number of ether oxygens (including phenoxy) is 8. The maximum absolute atomic E-state index is 14.8. The van der Waals surface area contributed by atoms with E-state index in [1.165, 1.54) is 53.2 Å². The Morgan fingerprint density at radius 1 is 0.982 bits per heavy atom. The van der Waals surface area contributed by atoms with Crippen LogP contribution < -0.4 is 4.74 Å². The number of aliphatic hydroxyl groups is 4. The molecular weight excluding hydrogens is 754 g/mol. The first kappa shape index (κ1) is 41.4. The second-order valence-electron chi connectivity index (χ2n) is 15.9. The van der Waals surface area contributed by atoms with Crippen molar-refractivity contribution in [1.82, 2.24) is 4.90 Å². The summed E-state index contributed by atoms with van der Waals surface area (Å²) >= 11 is 0. The maximum Gasteiger partial charge on any atom is 0.316 e. The number of aliphatic hydroxyl groups excluding tert-OH is 3. The summed E-state index contributed by atoms with van der Waals surface area (Å²) in [5.74, 6) is -6.08. The van der Waals surface area contributed by atoms with E-state index in [0.29, 0.717) is 0 Å². The van der Waals surface area contributed by atoms with Gasteiger partial charge in [0.05, 0.1) is 54.4 Å². The number of ketones is 2. The van der Waals surface area contributed by atoms with E-state index in [1.54, 1.807) is 13.8 Å². The molecule has 2 aromatic rings. The number of likely N-dealkylation sites (N-methyl/N-ethyl adjacent to an activating group) is 1. The van der Waals surface area contributed by atoms with Gasteiger partial charge in [0, 0.05) is 44.4 Å². The number of nitrogens with zero attached hydrogens (tertiary/aromatic N) is 1. The molecule has 2 bridgehead atoms. The van der Waals surface area contributed by atoms with Crippen molar-refractivity contribution in [2.75, 3.05) is 42.2 Å². The second-order valence-corrected chi connectivity index (χ2v) is 15.9. The van der Waals surface area contributed by atoms with Gasteiger partial charge in [-0.05, 0) is 52.4 Å². The molecule has 2 aliphatic carbocycles. The van der Waals surface area contributed by atoms with Gasteiger partial charge in [0.15, 0.2) is 12.1 Å². The van der Waals surface area contributed by atoms with Gasteiger partial charge in [0.2, 0.25) is 12.1 Å². The highest BCUT2D eigenvalue weighted by atomic mass is 16.7. The van der Waals surface area contributed by atoms with Crippen LogP contribution >= 0.6 is 0 Å². The largest absolute Gasteiger partial charge is 0.507 e. The van der Waals surface area contributed by atoms with E-state index >= 15 is 0 Å². The molecule has 2 fully saturated rings. The van der Waals surface area contributed by atoms with E-state index in [0.717, 1.165) is 13.2 Å². The average molecular weight is 804 g/mol. The van der Waals surface area contributed by atoms with Gasteiger partial charge in [-0.1, -0.05) is 0 Å². The zero-order valence-corrected chi connectivity index (χ0v) is 33.0. The quantitative estimate of drug-likeness (QED) is 0.134. The van der Waals surface area contributed by atoms with Crippen molar-refractivity contribution in [3.63, 3.8) is 0 Å². The molecule has 0 amide bonds. The average Bonchev–Trinajstić information content (AvgIpc) is 3.15. The molecule has 6 N–H and O–H groups in total. The van der Waals surface area contributed by atoms with Crippen molar-refractivity contribution in [2.45, 2.75) is 112 Å². The predicted molar refractivity (Wildman–Crippen MR) is 192 cm³/mol. The number of methoxy groups -OCH3 is 4. The Labute approximate surface area is 327 Å². The first-order chi connectivity index (χ1) is 26.8. The molecule has 13 atom stereocenters. The number of rotatable bonds is 8. The van der Waals surface area contributed by atoms with Crippen LogP contribution in [0.15, 0.2) is 12.1 Å². The van der Waals surface area contributed by atoms with E-state index < -0.39 is 136 Å². The molecular formula is C39H49NO17. The summed E-state index contributed by atoms with van der Waals surface area (Å²) in [5, 5.41) is 68.2. The van der Waals surface area contributed by atoms with Crippen LogP contribution in [-0.4, -0.2) is 156 Å². The summed E-state index contributed by atoms with van der Waals surface area (Å²) in [6.45, 7) is 5.76. The van der Waals surface area contributed by atoms with E-state index in [4.69, 9.17) is 37.9 Å². The Morgan fingerprint density at radius 2 is 1.65 bits per heavy atom. The molecule has 3 aliphatic heterocycles. The molecule has 57 heavy (non-hydrogen) atoms. The van der Waals surface area contributed by atoms with Gasteiger partial charge in [-0.2, -0.15) is 0 Å². The normalized spacial score (nSPS) is 38.1. The van der Waals surface area contributed by atoms with Crippen LogP contribution in [-0.2, 0) is 43.6 Å². The standard InChI is InChI=1S/C39H49NO17/c1-14-32(50-6)39(4,53-9)33(51-7)36(54-14)55-19-12-37(2,49)24(34(48)52-8)15-10-16-21(27(44)20(15)19)28(45)22-18(42)11-17-30(23(22)26(16)43)56-35-29(46)25(40(5)13-41)31(47)38(17,3)57-35/h10-11,14,19,24-25,29,31-33,35-36,41-42,44,46-47,49H,12-13H2,1-9H3/t14-,19-,24-,25-,29-,31+,32-,33-,35+,36-,37-,38+,39+/m0/s1. The van der Waals surface area contributed by atoms with Crippen LogP contribution in [0.25, 0.3) is 0 Å². The minimum atomic E-state index is -1.93. The van der Waals surface area contributed by atoms with E-state index in [1.807, 2.05) is 0 Å². The number of hydrogen-bond acceptors (Lipinski definition) is 18. The lowest BCUT2D eigenvalue weighted by Crippen LogP contribution is -2.69. The summed E-state index contributed by atoms with van der Waals surface area (Å²) in [7, 11) is 6.95. The minimum absolute atomic E-state index is 0.0328. The number of carbonyl (C=O) groups is 3. The molecule has 0 saturated carbocycles. The van der Waals surface area contributed by atoms with Crippen molar-refractivity contribution in [2.24, 2.45) is 0 Å². The predicted octanol–water partition coefficient (Wildman–Crippen LogP) is 0.458. The smallest absolute Gasteiger partial charge is 0.316 e. The number of phenols is 2. The molecule has 18 nitrogen and oxygen atoms in total. The van der Waals surface area contributed by atoms with Crippen molar-refractivity contribution < 1.29 is 82.9 Å². The first-order valence-electron chi connectivity index (χ1n) is 18.4. The topological polar surface area (TPSA) is 250 Å². The van der Waals surface area contributed by atoms with Crippen LogP contribution in [0.5, 0.6) is 17.2 Å². The molecule has 18 heteroatoms. The minimum Gasteiger partial charge on any atom is -0.507 e. The molecule has 5 aliphatic rings. The van der Waals surface area contributed by atoms with E-state index in [2.05, 4.69) is 0 Å². The van der Waals surface area contributed by atoms with Gasteiger partial charge in [-0.15, -0.1) is 0 Å². The van der Waals surface area contributed by atoms with Crippen molar-refractivity contribution in [3.05, 3.63) is 51.1 Å². The third-order valence-electron chi connectivity index (χ3n) is 12.6. The van der Waals surface area contributed by atoms with Crippen molar-refractivity contribution >= 4 is 17.5 Å². The number of esters is 1. The number of aromatic hydroxyl groups is 2. The van der Waals surface area contributed by atoms with Gasteiger partial charge in [-0.25, -0.2) is 0 Å². The number of fused-ring (bicyclic) bond motifs is 8. The van der Waals surface area contributed by atoms with E-state index in [-0.39, 0.29) is 28.9 Å². The van der Waals surface area contributed by atoms with Gasteiger partial charge >= 0.3 is 5.97 Å². The lowest BCUT2D eigenvalue weighted by molar-refractivity contribution is -0.345. The Kier molecular flexibility index (Phi) is 10.3. The summed E-state index contributed by atoms with van der Waals surface area (Å²) in [4.78, 5) is 44.1. The zero-order valence-electron chi connectivity index (χ0n) is 33.0. The molecule has 0 spiro atoms. The molecule has 312 valence electrons. The summed E-state index contributed by atoms with van der Waals surface area (Å²) in [6.07, 6.45) is -9.66. The third-order valence-corrected chi connectivity index (χ3v) is 12.6. The highest BCUT2D eigenvalue weighted by molar-refractivity contribution is 6.31. The molecule has 2 aromatic carbocycles. The number of benzene rings is 2. The highest BCUT2D eigenvalue weighted by Crippen LogP contribution is 2.56. The Morgan fingerprint density at radius 3 is 2.25 bits per heavy atom. The molecule has 0 aromatic heterocycles. The molecule has 7 rings (SSSR count). The first-order valence-corrected chi connectivity index (χ1v) is 18.4. The Hall–Kier alpha value is -3.79. The second kappa shape index (κ2) is 14.2. The summed E-state index contributed by atoms with van der Waals surface area (Å²) < 4.78 is 47.2. The monoisotopic (exact) mass is 803 g/mol. The molecule has 0 unspecified atom stereocenters. The molecule has 2 saturated heterocycles. The van der Waals surface area contributed by atoms with Gasteiger partial charge in [0.25, 0.3) is 0 Å². The Balaban J connectivity index is 1.40. The molecule has 0 radical (unpaired) electrons. The Bertz CT molecular complexity index is 2000. The number of hydrogen-bond donors (Lipinski definition) is 6. The highest BCUT2D eigenvalue weighted by Gasteiger charge is 2.61. The number of carbonyl (C=O) groups excluding carboxylic acids is 3. The lowest BCUT2D eigenvalue weighted by Gasteiger charge is -2.54. The fourth-order valence-corrected chi connectivity index (χ4v) is 9.69. The lowest BCUT2D eigenvalue weighted by atomic mass is 9.68. The third kappa shape index (κ3) is 5.76. The van der Waals surface area contributed by atoms with Gasteiger partial charge in [0.1, 0.15) is 58.8 Å². The van der Waals surface area contributed by atoms with E-state index in [9.17, 15) is 45.0 Å². The molecule has 3 heterocycles. The SMILES string of the molecule is COC(=O)[C@@H]1c2cc3c(c(O)c2[C@@H](O[C@@H]2O[C@@H](C)[C@H](OC)[C@@](C)(OC)[C@H]2OC)C[C@]1(C)O)C(=O)c1c(O)cc2c(c1C3=O)O[C@@H]1O[C@@]2(C)[C@H](O)[C@@H](N(C)CO)[C@@H]1O.